The SMILES string of the molecule is CCCCCCCCCC=CCCCCCC(=O)OCC(COP(=O)(O)OC1C(OC2OC(CO)C(O)C(O)C2O)C(O)C(O)C(O)C1OC1OC(CO)C(O)C(O)C1O)OC(=O)CCCCCCCCC(C)CCCCCCCC. The number of aliphatic hydroxyl groups is 11. The van der Waals surface area contributed by atoms with E-state index in [-0.39, 0.29) is 12.8 Å². The summed E-state index contributed by atoms with van der Waals surface area (Å²) >= 11 is 0. The van der Waals surface area contributed by atoms with Crippen molar-refractivity contribution < 1.29 is 113 Å². The third-order valence-electron chi connectivity index (χ3n) is 15.5. The van der Waals surface area contributed by atoms with E-state index in [0.29, 0.717) is 18.8 Å². The Hall–Kier alpha value is -1.81. The van der Waals surface area contributed by atoms with Crippen molar-refractivity contribution in [2.45, 2.75) is 305 Å². The van der Waals surface area contributed by atoms with Crippen LogP contribution in [0.5, 0.6) is 0 Å². The molecular weight excluding hydrogens is 1080 g/mol. The number of esters is 2. The molecule has 2 heterocycles. The van der Waals surface area contributed by atoms with Gasteiger partial charge in [-0.1, -0.05) is 161 Å². The highest BCUT2D eigenvalue weighted by molar-refractivity contribution is 7.47. The van der Waals surface area contributed by atoms with E-state index in [2.05, 4.69) is 32.9 Å². The van der Waals surface area contributed by atoms with Crippen molar-refractivity contribution >= 4 is 19.8 Å². The summed E-state index contributed by atoms with van der Waals surface area (Å²) in [5, 5.41) is 117. The molecule has 17 unspecified atom stereocenters. The van der Waals surface area contributed by atoms with Gasteiger partial charge in [0.1, 0.15) is 92.1 Å². The van der Waals surface area contributed by atoms with Crippen molar-refractivity contribution in [1.29, 1.82) is 0 Å². The van der Waals surface area contributed by atoms with Gasteiger partial charge in [-0.15, -0.1) is 0 Å². The van der Waals surface area contributed by atoms with Crippen LogP contribution >= 0.6 is 7.82 Å². The molecule has 3 rings (SSSR count). The fourth-order valence-electron chi connectivity index (χ4n) is 10.3. The third-order valence-corrected chi connectivity index (χ3v) is 16.5. The highest BCUT2D eigenvalue weighted by atomic mass is 31.2. The number of allylic oxidation sites excluding steroid dienone is 2. The minimum Gasteiger partial charge on any atom is -0.462 e. The van der Waals surface area contributed by atoms with E-state index in [4.69, 9.17) is 37.5 Å². The molecule has 0 amide bonds. The average molecular weight is 1190 g/mol. The lowest BCUT2D eigenvalue weighted by Crippen LogP contribution is -2.69. The number of hydrogen-bond donors (Lipinski definition) is 12. The largest absolute Gasteiger partial charge is 0.472 e. The Morgan fingerprint density at radius 3 is 1.35 bits per heavy atom. The van der Waals surface area contributed by atoms with Crippen LogP contribution in [0.25, 0.3) is 0 Å². The first-order valence-electron chi connectivity index (χ1n) is 30.4. The Bertz CT molecular complexity index is 1680. The lowest BCUT2D eigenvalue weighted by atomic mass is 9.84. The molecular formula is C57H105O23P. The van der Waals surface area contributed by atoms with Gasteiger partial charge in [0.25, 0.3) is 0 Å². The second-order valence-electron chi connectivity index (χ2n) is 22.5. The average Bonchev–Trinajstić information content (AvgIpc) is 3.58. The molecule has 0 radical (unpaired) electrons. The molecule has 476 valence electrons. The summed E-state index contributed by atoms with van der Waals surface area (Å²) in [4.78, 5) is 37.6. The lowest BCUT2D eigenvalue weighted by molar-refractivity contribution is -0.360. The van der Waals surface area contributed by atoms with Crippen LogP contribution in [0, 0.1) is 5.92 Å². The minimum atomic E-state index is -5.64. The van der Waals surface area contributed by atoms with Crippen LogP contribution in [0.15, 0.2) is 12.2 Å². The molecule has 1 aliphatic carbocycles. The zero-order valence-electron chi connectivity index (χ0n) is 48.5. The molecule has 24 heteroatoms. The van der Waals surface area contributed by atoms with Gasteiger partial charge >= 0.3 is 19.8 Å². The first-order chi connectivity index (χ1) is 38.8. The van der Waals surface area contributed by atoms with E-state index in [1.54, 1.807) is 0 Å². The summed E-state index contributed by atoms with van der Waals surface area (Å²) in [5.41, 5.74) is 0. The Balaban J connectivity index is 1.71. The second kappa shape index (κ2) is 41.3. The zero-order valence-corrected chi connectivity index (χ0v) is 49.4. The smallest absolute Gasteiger partial charge is 0.462 e. The van der Waals surface area contributed by atoms with Gasteiger partial charge < -0.3 is 89.5 Å². The van der Waals surface area contributed by atoms with Crippen molar-refractivity contribution in [2.24, 2.45) is 5.92 Å². The normalized spacial score (nSPS) is 31.4. The summed E-state index contributed by atoms with van der Waals surface area (Å²) in [6.07, 6.45) is -2.31. The van der Waals surface area contributed by atoms with Gasteiger partial charge in [-0.05, 0) is 44.4 Å². The monoisotopic (exact) mass is 1190 g/mol. The van der Waals surface area contributed by atoms with Gasteiger partial charge in [0, 0.05) is 12.8 Å². The van der Waals surface area contributed by atoms with Crippen LogP contribution in [-0.4, -0.2) is 204 Å². The number of ether oxygens (including phenoxy) is 6. The Labute approximate surface area is 480 Å². The summed E-state index contributed by atoms with van der Waals surface area (Å²) < 4.78 is 58.2. The highest BCUT2D eigenvalue weighted by Gasteiger charge is 2.58. The van der Waals surface area contributed by atoms with Gasteiger partial charge in [-0.2, -0.15) is 0 Å². The molecule has 12 N–H and O–H groups in total. The van der Waals surface area contributed by atoms with Crippen LogP contribution in [0.4, 0.5) is 0 Å². The quantitative estimate of drug-likeness (QED) is 0.0172. The third kappa shape index (κ3) is 27.2. The molecule has 2 saturated heterocycles. The molecule has 81 heavy (non-hydrogen) atoms. The number of carbonyl (C=O) groups is 2. The molecule has 17 atom stereocenters. The molecule has 23 nitrogen and oxygen atoms in total. The maximum atomic E-state index is 14.1. The minimum absolute atomic E-state index is 0.0331. The molecule has 0 aromatic carbocycles. The van der Waals surface area contributed by atoms with Gasteiger partial charge in [0.15, 0.2) is 18.7 Å². The van der Waals surface area contributed by atoms with Gasteiger partial charge in [-0.25, -0.2) is 4.57 Å². The van der Waals surface area contributed by atoms with Crippen LogP contribution < -0.4 is 0 Å². The predicted molar refractivity (Wildman–Crippen MR) is 296 cm³/mol. The number of hydrogen-bond acceptors (Lipinski definition) is 22. The van der Waals surface area contributed by atoms with E-state index in [9.17, 15) is 75.2 Å². The van der Waals surface area contributed by atoms with Crippen LogP contribution in [0.2, 0.25) is 0 Å². The van der Waals surface area contributed by atoms with Crippen molar-refractivity contribution in [3.8, 4) is 0 Å². The summed E-state index contributed by atoms with van der Waals surface area (Å²) in [5.74, 6) is -0.662. The van der Waals surface area contributed by atoms with Crippen molar-refractivity contribution in [3.63, 3.8) is 0 Å². The zero-order chi connectivity index (χ0) is 59.7. The van der Waals surface area contributed by atoms with Crippen LogP contribution in [0.3, 0.4) is 0 Å². The van der Waals surface area contributed by atoms with E-state index < -0.39 is 150 Å². The van der Waals surface area contributed by atoms with Crippen molar-refractivity contribution in [1.82, 2.24) is 0 Å². The Kier molecular flexibility index (Phi) is 37.5. The summed E-state index contributed by atoms with van der Waals surface area (Å²) in [6.45, 7) is 3.31. The number of carbonyl (C=O) groups excluding carboxylic acids is 2. The standard InChI is InChI=1S/C57H105O23P/c1-4-6-8-10-12-13-14-15-16-17-18-19-24-28-32-42(60)73-36-39(75-43(61)33-29-25-21-20-23-27-31-38(3)30-26-22-11-9-7-5-2)37-74-81(71,72)80-55-53(78-56-51(69)46(64)44(62)40(34-58)76-56)49(67)48(66)50(68)54(55)79-57-52(70)47(65)45(63)41(35-59)77-57/h16-17,38-41,44-59,62-70H,4-15,18-37H2,1-3H3,(H,71,72). The molecule has 3 fully saturated rings. The number of aliphatic hydroxyl groups excluding tert-OH is 11. The van der Waals surface area contributed by atoms with Crippen LogP contribution in [0.1, 0.15) is 201 Å². The fourth-order valence-corrected chi connectivity index (χ4v) is 11.3. The maximum absolute atomic E-state index is 14.1. The molecule has 3 aliphatic rings. The first-order valence-corrected chi connectivity index (χ1v) is 31.9. The van der Waals surface area contributed by atoms with Gasteiger partial charge in [0.05, 0.1) is 19.8 Å². The summed E-state index contributed by atoms with van der Waals surface area (Å²) in [7, 11) is -5.64. The van der Waals surface area contributed by atoms with E-state index in [1.165, 1.54) is 89.9 Å². The van der Waals surface area contributed by atoms with E-state index in [1.807, 2.05) is 0 Å². The Morgan fingerprint density at radius 2 is 0.889 bits per heavy atom. The number of rotatable bonds is 44. The van der Waals surface area contributed by atoms with E-state index >= 15 is 0 Å². The molecule has 0 bridgehead atoms. The number of unbranched alkanes of at least 4 members (excludes halogenated alkanes) is 20. The predicted octanol–water partition coefficient (Wildman–Crippen LogP) is 4.57. The molecule has 0 spiro atoms. The van der Waals surface area contributed by atoms with Gasteiger partial charge in [-0.3, -0.25) is 18.6 Å². The molecule has 1 saturated carbocycles. The molecule has 2 aliphatic heterocycles. The Morgan fingerprint density at radius 1 is 0.494 bits per heavy atom. The molecule has 0 aromatic rings. The number of phosphoric acid groups is 1. The number of phosphoric ester groups is 1. The molecule has 0 aromatic heterocycles. The highest BCUT2D eigenvalue weighted by Crippen LogP contribution is 2.49. The van der Waals surface area contributed by atoms with E-state index in [0.717, 1.165) is 64.2 Å². The summed E-state index contributed by atoms with van der Waals surface area (Å²) in [6, 6.07) is 0. The maximum Gasteiger partial charge on any atom is 0.472 e. The lowest BCUT2D eigenvalue weighted by Gasteiger charge is -2.49. The van der Waals surface area contributed by atoms with Crippen LogP contribution in [-0.2, 0) is 51.6 Å². The van der Waals surface area contributed by atoms with Gasteiger partial charge in [0.2, 0.25) is 0 Å². The topological polar surface area (TPSA) is 368 Å². The fraction of sp³-hybridized carbons (Fsp3) is 0.930. The first kappa shape index (κ1) is 73.4. The second-order valence-corrected chi connectivity index (χ2v) is 23.9. The van der Waals surface area contributed by atoms with Crippen molar-refractivity contribution in [2.75, 3.05) is 26.4 Å². The van der Waals surface area contributed by atoms with Crippen molar-refractivity contribution in [3.05, 3.63) is 12.2 Å².